The molecule has 94 valence electrons. The summed E-state index contributed by atoms with van der Waals surface area (Å²) in [5.74, 6) is -0.0446. The van der Waals surface area contributed by atoms with Gasteiger partial charge in [0.2, 0.25) is 5.91 Å². The van der Waals surface area contributed by atoms with Crippen LogP contribution in [0.15, 0.2) is 18.2 Å². The number of nitriles is 1. The van der Waals surface area contributed by atoms with E-state index in [0.717, 1.165) is 31.4 Å². The van der Waals surface area contributed by atoms with Crippen LogP contribution in [0.5, 0.6) is 0 Å². The molecule has 2 rings (SSSR count). The van der Waals surface area contributed by atoms with E-state index >= 15 is 0 Å². The summed E-state index contributed by atoms with van der Waals surface area (Å²) in [6.07, 6.45) is 3.06. The van der Waals surface area contributed by atoms with Gasteiger partial charge in [0.15, 0.2) is 0 Å². The van der Waals surface area contributed by atoms with Crippen LogP contribution in [-0.2, 0) is 4.79 Å². The van der Waals surface area contributed by atoms with Crippen molar-refractivity contribution in [2.24, 2.45) is 0 Å². The molecule has 0 spiro atoms. The number of nitrogens with one attached hydrogen (secondary N) is 2. The van der Waals surface area contributed by atoms with Crippen LogP contribution < -0.4 is 10.6 Å². The number of aryl methyl sites for hydroxylation is 1. The zero-order chi connectivity index (χ0) is 13.0. The fourth-order valence-corrected chi connectivity index (χ4v) is 2.22. The third-order valence-electron chi connectivity index (χ3n) is 3.27. The topological polar surface area (TPSA) is 64.9 Å². The Morgan fingerprint density at radius 1 is 1.50 bits per heavy atom. The van der Waals surface area contributed by atoms with E-state index in [1.165, 1.54) is 0 Å². The van der Waals surface area contributed by atoms with Gasteiger partial charge in [-0.1, -0.05) is 18.6 Å². The predicted octanol–water partition coefficient (Wildman–Crippen LogP) is 1.95. The Morgan fingerprint density at radius 2 is 2.33 bits per heavy atom. The van der Waals surface area contributed by atoms with Crippen molar-refractivity contribution in [3.05, 3.63) is 29.3 Å². The first-order valence-corrected chi connectivity index (χ1v) is 6.26. The van der Waals surface area contributed by atoms with Crippen LogP contribution in [0.3, 0.4) is 0 Å². The van der Waals surface area contributed by atoms with Crippen molar-refractivity contribution < 1.29 is 4.79 Å². The maximum atomic E-state index is 12.1. The lowest BCUT2D eigenvalue weighted by Gasteiger charge is -2.22. The van der Waals surface area contributed by atoms with Gasteiger partial charge in [-0.25, -0.2) is 0 Å². The molecular weight excluding hydrogens is 226 g/mol. The highest BCUT2D eigenvalue weighted by Crippen LogP contribution is 2.19. The molecule has 4 nitrogen and oxygen atoms in total. The van der Waals surface area contributed by atoms with E-state index in [4.69, 9.17) is 5.26 Å². The predicted molar refractivity (Wildman–Crippen MR) is 70.2 cm³/mol. The maximum Gasteiger partial charge on any atom is 0.241 e. The van der Waals surface area contributed by atoms with E-state index in [0.29, 0.717) is 11.3 Å². The average molecular weight is 243 g/mol. The van der Waals surface area contributed by atoms with Gasteiger partial charge in [0, 0.05) is 0 Å². The van der Waals surface area contributed by atoms with Gasteiger partial charge < -0.3 is 10.6 Å². The van der Waals surface area contributed by atoms with Gasteiger partial charge in [0.05, 0.1) is 17.3 Å². The van der Waals surface area contributed by atoms with Crippen LogP contribution >= 0.6 is 0 Å². The van der Waals surface area contributed by atoms with Crippen molar-refractivity contribution in [1.29, 1.82) is 5.26 Å². The smallest absolute Gasteiger partial charge is 0.241 e. The van der Waals surface area contributed by atoms with Crippen molar-refractivity contribution >= 4 is 11.6 Å². The number of benzene rings is 1. The Morgan fingerprint density at radius 3 is 3.00 bits per heavy atom. The van der Waals surface area contributed by atoms with Gasteiger partial charge in [0.25, 0.3) is 0 Å². The van der Waals surface area contributed by atoms with E-state index < -0.39 is 0 Å². The molecule has 4 heteroatoms. The number of carbonyl (C=O) groups excluding carboxylic acids is 1. The Kier molecular flexibility index (Phi) is 3.96. The summed E-state index contributed by atoms with van der Waals surface area (Å²) in [4.78, 5) is 12.1. The van der Waals surface area contributed by atoms with E-state index in [9.17, 15) is 4.79 Å². The van der Waals surface area contributed by atoms with Gasteiger partial charge in [-0.15, -0.1) is 0 Å². The largest absolute Gasteiger partial charge is 0.324 e. The van der Waals surface area contributed by atoms with E-state index in [1.807, 2.05) is 19.1 Å². The minimum atomic E-state index is -0.134. The molecule has 2 N–H and O–H groups in total. The van der Waals surface area contributed by atoms with Crippen molar-refractivity contribution in [2.75, 3.05) is 11.9 Å². The summed E-state index contributed by atoms with van der Waals surface area (Å²) in [7, 11) is 0. The highest BCUT2D eigenvalue weighted by molar-refractivity contribution is 5.96. The molecule has 18 heavy (non-hydrogen) atoms. The molecule has 1 aliphatic heterocycles. The van der Waals surface area contributed by atoms with Gasteiger partial charge in [-0.05, 0) is 37.9 Å². The van der Waals surface area contributed by atoms with E-state index in [1.54, 1.807) is 6.07 Å². The molecule has 0 aromatic heterocycles. The maximum absolute atomic E-state index is 12.1. The standard InChI is InChI=1S/C14H17N3O/c1-10-5-4-7-12(11(10)9-15)17-14(18)13-6-2-3-8-16-13/h4-5,7,13,16H,2-3,6,8H2,1H3,(H,17,18)/t13-/m0/s1. The summed E-state index contributed by atoms with van der Waals surface area (Å²) in [5.41, 5.74) is 2.03. The molecule has 0 unspecified atom stereocenters. The number of rotatable bonds is 2. The zero-order valence-corrected chi connectivity index (χ0v) is 10.5. The normalized spacial score (nSPS) is 19.0. The first kappa shape index (κ1) is 12.6. The molecule has 1 aromatic rings. The molecule has 1 atom stereocenters. The monoisotopic (exact) mass is 243 g/mol. The van der Waals surface area contributed by atoms with Crippen LogP contribution in [0.2, 0.25) is 0 Å². The van der Waals surface area contributed by atoms with Crippen LogP contribution in [0, 0.1) is 18.3 Å². The van der Waals surface area contributed by atoms with Crippen LogP contribution in [0.1, 0.15) is 30.4 Å². The Labute approximate surface area is 107 Å². The molecule has 1 saturated heterocycles. The highest BCUT2D eigenvalue weighted by atomic mass is 16.2. The Bertz CT molecular complexity index is 484. The molecule has 0 radical (unpaired) electrons. The molecule has 1 heterocycles. The quantitative estimate of drug-likeness (QED) is 0.834. The van der Waals surface area contributed by atoms with Crippen molar-refractivity contribution in [3.63, 3.8) is 0 Å². The Balaban J connectivity index is 2.12. The number of anilines is 1. The molecule has 0 bridgehead atoms. The highest BCUT2D eigenvalue weighted by Gasteiger charge is 2.21. The average Bonchev–Trinajstić information content (AvgIpc) is 2.40. The number of hydrogen-bond donors (Lipinski definition) is 2. The number of nitrogens with zero attached hydrogens (tertiary/aromatic N) is 1. The second-order valence-corrected chi connectivity index (χ2v) is 4.60. The van der Waals surface area contributed by atoms with Gasteiger partial charge in [-0.2, -0.15) is 5.26 Å². The summed E-state index contributed by atoms with van der Waals surface area (Å²) in [6.45, 7) is 2.75. The summed E-state index contributed by atoms with van der Waals surface area (Å²) in [6, 6.07) is 7.49. The SMILES string of the molecule is Cc1cccc(NC(=O)[C@@H]2CCCCN2)c1C#N. The number of amides is 1. The van der Waals surface area contributed by atoms with Crippen molar-refractivity contribution in [3.8, 4) is 6.07 Å². The number of carbonyl (C=O) groups is 1. The molecule has 1 aromatic carbocycles. The van der Waals surface area contributed by atoms with Gasteiger partial charge in [-0.3, -0.25) is 4.79 Å². The molecule has 0 saturated carbocycles. The molecule has 1 aliphatic rings. The number of piperidine rings is 1. The minimum Gasteiger partial charge on any atom is -0.324 e. The second kappa shape index (κ2) is 5.65. The first-order chi connectivity index (χ1) is 8.72. The zero-order valence-electron chi connectivity index (χ0n) is 10.5. The first-order valence-electron chi connectivity index (χ1n) is 6.26. The van der Waals surface area contributed by atoms with Crippen LogP contribution in [-0.4, -0.2) is 18.5 Å². The third-order valence-corrected chi connectivity index (χ3v) is 3.27. The summed E-state index contributed by atoms with van der Waals surface area (Å²) in [5, 5.41) is 15.1. The lowest BCUT2D eigenvalue weighted by molar-refractivity contribution is -0.118. The molecule has 1 amide bonds. The van der Waals surface area contributed by atoms with E-state index in [-0.39, 0.29) is 11.9 Å². The second-order valence-electron chi connectivity index (χ2n) is 4.60. The van der Waals surface area contributed by atoms with Crippen LogP contribution in [0.25, 0.3) is 0 Å². The Hall–Kier alpha value is -1.86. The summed E-state index contributed by atoms with van der Waals surface area (Å²) < 4.78 is 0. The molecule has 0 aliphatic carbocycles. The lowest BCUT2D eigenvalue weighted by atomic mass is 10.0. The number of hydrogen-bond acceptors (Lipinski definition) is 3. The third kappa shape index (κ3) is 2.69. The summed E-state index contributed by atoms with van der Waals surface area (Å²) >= 11 is 0. The fraction of sp³-hybridized carbons (Fsp3) is 0.429. The van der Waals surface area contributed by atoms with Crippen molar-refractivity contribution in [1.82, 2.24) is 5.32 Å². The lowest BCUT2D eigenvalue weighted by Crippen LogP contribution is -2.43. The fourth-order valence-electron chi connectivity index (χ4n) is 2.22. The van der Waals surface area contributed by atoms with E-state index in [2.05, 4.69) is 16.7 Å². The molecular formula is C14H17N3O. The van der Waals surface area contributed by atoms with Crippen molar-refractivity contribution in [2.45, 2.75) is 32.2 Å². The molecule has 1 fully saturated rings. The van der Waals surface area contributed by atoms with Crippen LogP contribution in [0.4, 0.5) is 5.69 Å². The minimum absolute atomic E-state index is 0.0446. The van der Waals surface area contributed by atoms with Gasteiger partial charge in [0.1, 0.15) is 6.07 Å². The van der Waals surface area contributed by atoms with Gasteiger partial charge >= 0.3 is 0 Å².